The van der Waals surface area contributed by atoms with Crippen molar-refractivity contribution in [2.45, 2.75) is 52.5 Å². The first-order valence-corrected chi connectivity index (χ1v) is 11.7. The van der Waals surface area contributed by atoms with Crippen LogP contribution < -0.4 is 10.6 Å². The molecule has 2 saturated heterocycles. The van der Waals surface area contributed by atoms with Gasteiger partial charge in [-0.3, -0.25) is 4.99 Å². The second kappa shape index (κ2) is 11.7. The summed E-state index contributed by atoms with van der Waals surface area (Å²) in [5.41, 5.74) is 0. The maximum atomic E-state index is 11.6. The summed E-state index contributed by atoms with van der Waals surface area (Å²) in [6.45, 7) is 11.9. The Labute approximate surface area is 176 Å². The number of likely N-dealkylation sites (tertiary alicyclic amines) is 1. The van der Waals surface area contributed by atoms with Gasteiger partial charge in [-0.2, -0.15) is 0 Å². The molecule has 0 aromatic carbocycles. The fourth-order valence-electron chi connectivity index (χ4n) is 4.03. The molecule has 26 heavy (non-hydrogen) atoms. The number of sulfone groups is 1. The highest BCUT2D eigenvalue weighted by Crippen LogP contribution is 2.21. The third-order valence-electron chi connectivity index (χ3n) is 5.01. The van der Waals surface area contributed by atoms with E-state index in [1.807, 2.05) is 6.92 Å². The van der Waals surface area contributed by atoms with E-state index in [-0.39, 0.29) is 41.5 Å². The molecular weight excluding hydrogens is 463 g/mol. The molecule has 0 aromatic heterocycles. The number of nitrogens with one attached hydrogen (secondary N) is 2. The summed E-state index contributed by atoms with van der Waals surface area (Å²) in [6, 6.07) is -0.000810. The van der Waals surface area contributed by atoms with Crippen molar-refractivity contribution >= 4 is 39.8 Å². The molecule has 0 aromatic rings. The molecule has 2 rings (SSSR count). The Morgan fingerprint density at radius 2 is 1.88 bits per heavy atom. The van der Waals surface area contributed by atoms with E-state index >= 15 is 0 Å². The first-order chi connectivity index (χ1) is 11.9. The van der Waals surface area contributed by atoms with Crippen molar-refractivity contribution in [2.75, 3.05) is 44.2 Å². The van der Waals surface area contributed by atoms with Gasteiger partial charge in [0.05, 0.1) is 11.5 Å². The van der Waals surface area contributed by atoms with E-state index in [1.54, 1.807) is 0 Å². The minimum atomic E-state index is -2.86. The molecule has 0 amide bonds. The zero-order valence-electron chi connectivity index (χ0n) is 16.5. The van der Waals surface area contributed by atoms with Crippen molar-refractivity contribution in [1.29, 1.82) is 0 Å². The van der Waals surface area contributed by atoms with Gasteiger partial charge >= 0.3 is 0 Å². The van der Waals surface area contributed by atoms with Crippen LogP contribution in [0.4, 0.5) is 0 Å². The quantitative estimate of drug-likeness (QED) is 0.243. The molecule has 3 atom stereocenters. The Kier molecular flexibility index (Phi) is 10.8. The van der Waals surface area contributed by atoms with Crippen LogP contribution in [0.2, 0.25) is 0 Å². The standard InChI is InChI=1S/C18H36N4O2S.HI/c1-4-19-18(21-17-7-10-25(23,24)14-17)20-8-5-6-9-22-12-15(2)11-16(3)13-22;/h15-17H,4-14H2,1-3H3,(H2,19,20,21);1H. The van der Waals surface area contributed by atoms with Gasteiger partial charge in [0.15, 0.2) is 15.8 Å². The van der Waals surface area contributed by atoms with E-state index in [0.29, 0.717) is 6.42 Å². The molecule has 0 aliphatic carbocycles. The molecule has 3 unspecified atom stereocenters. The van der Waals surface area contributed by atoms with E-state index in [1.165, 1.54) is 25.9 Å². The lowest BCUT2D eigenvalue weighted by Gasteiger charge is -2.34. The van der Waals surface area contributed by atoms with Gasteiger partial charge in [-0.1, -0.05) is 13.8 Å². The zero-order chi connectivity index (χ0) is 18.3. The topological polar surface area (TPSA) is 73.8 Å². The average Bonchev–Trinajstić information content (AvgIpc) is 2.85. The summed E-state index contributed by atoms with van der Waals surface area (Å²) in [7, 11) is -2.86. The normalized spacial score (nSPS) is 29.2. The lowest BCUT2D eigenvalue weighted by Crippen LogP contribution is -2.44. The highest BCUT2D eigenvalue weighted by Gasteiger charge is 2.28. The third-order valence-corrected chi connectivity index (χ3v) is 6.78. The lowest BCUT2D eigenvalue weighted by molar-refractivity contribution is 0.139. The monoisotopic (exact) mass is 500 g/mol. The largest absolute Gasteiger partial charge is 0.357 e. The number of hydrogen-bond acceptors (Lipinski definition) is 4. The van der Waals surface area contributed by atoms with Crippen LogP contribution in [0.3, 0.4) is 0 Å². The number of guanidine groups is 1. The summed E-state index contributed by atoms with van der Waals surface area (Å²) < 4.78 is 23.1. The van der Waals surface area contributed by atoms with E-state index in [2.05, 4.69) is 34.4 Å². The van der Waals surface area contributed by atoms with Crippen LogP contribution in [0.1, 0.15) is 46.5 Å². The van der Waals surface area contributed by atoms with E-state index in [0.717, 1.165) is 43.9 Å². The average molecular weight is 500 g/mol. The van der Waals surface area contributed by atoms with Gasteiger partial charge in [0, 0.05) is 32.2 Å². The molecule has 2 aliphatic rings. The third kappa shape index (κ3) is 8.73. The fraction of sp³-hybridized carbons (Fsp3) is 0.944. The van der Waals surface area contributed by atoms with Crippen molar-refractivity contribution in [1.82, 2.24) is 15.5 Å². The van der Waals surface area contributed by atoms with Crippen LogP contribution in [0.5, 0.6) is 0 Å². The van der Waals surface area contributed by atoms with Gasteiger partial charge in [0.2, 0.25) is 0 Å². The number of halogens is 1. The minimum absolute atomic E-state index is 0. The second-order valence-corrected chi connectivity index (χ2v) is 10.1. The van der Waals surface area contributed by atoms with Crippen molar-refractivity contribution in [3.05, 3.63) is 0 Å². The maximum absolute atomic E-state index is 11.6. The number of hydrogen-bond donors (Lipinski definition) is 2. The van der Waals surface area contributed by atoms with Gasteiger partial charge in [0.1, 0.15) is 0 Å². The molecule has 2 N–H and O–H groups in total. The minimum Gasteiger partial charge on any atom is -0.357 e. The van der Waals surface area contributed by atoms with Crippen molar-refractivity contribution in [3.63, 3.8) is 0 Å². The van der Waals surface area contributed by atoms with Gasteiger partial charge in [-0.25, -0.2) is 8.42 Å². The summed E-state index contributed by atoms with van der Waals surface area (Å²) in [4.78, 5) is 7.21. The Morgan fingerprint density at radius 1 is 1.19 bits per heavy atom. The van der Waals surface area contributed by atoms with Gasteiger partial charge in [0.25, 0.3) is 0 Å². The molecular formula is C18H37IN4O2S. The maximum Gasteiger partial charge on any atom is 0.191 e. The molecule has 8 heteroatoms. The Hall–Kier alpha value is -0.0900. The Morgan fingerprint density at radius 3 is 2.46 bits per heavy atom. The van der Waals surface area contributed by atoms with Crippen LogP contribution in [0, 0.1) is 11.8 Å². The van der Waals surface area contributed by atoms with Crippen molar-refractivity contribution in [3.8, 4) is 0 Å². The molecule has 0 saturated carbocycles. The number of piperidine rings is 1. The molecule has 0 spiro atoms. The molecule has 2 aliphatic heterocycles. The van der Waals surface area contributed by atoms with Gasteiger partial charge in [-0.05, 0) is 51.0 Å². The Bertz CT molecular complexity index is 531. The van der Waals surface area contributed by atoms with Crippen molar-refractivity contribution < 1.29 is 8.42 Å². The number of unbranched alkanes of at least 4 members (excludes halogenated alkanes) is 1. The molecule has 0 bridgehead atoms. The molecule has 0 radical (unpaired) electrons. The number of aliphatic imine (C=N–C) groups is 1. The fourth-order valence-corrected chi connectivity index (χ4v) is 5.71. The summed E-state index contributed by atoms with van der Waals surface area (Å²) in [6.07, 6.45) is 4.27. The predicted octanol–water partition coefficient (Wildman–Crippen LogP) is 2.10. The first kappa shape index (κ1) is 23.9. The summed E-state index contributed by atoms with van der Waals surface area (Å²) >= 11 is 0. The number of rotatable bonds is 7. The van der Waals surface area contributed by atoms with E-state index < -0.39 is 9.84 Å². The van der Waals surface area contributed by atoms with Crippen LogP contribution in [-0.2, 0) is 9.84 Å². The highest BCUT2D eigenvalue weighted by molar-refractivity contribution is 14.0. The van der Waals surface area contributed by atoms with Crippen LogP contribution in [-0.4, -0.2) is 69.5 Å². The molecule has 2 heterocycles. The van der Waals surface area contributed by atoms with E-state index in [9.17, 15) is 8.42 Å². The van der Waals surface area contributed by atoms with Crippen LogP contribution in [0.15, 0.2) is 4.99 Å². The molecule has 6 nitrogen and oxygen atoms in total. The molecule has 154 valence electrons. The zero-order valence-corrected chi connectivity index (χ0v) is 19.7. The second-order valence-electron chi connectivity index (χ2n) is 7.92. The summed E-state index contributed by atoms with van der Waals surface area (Å²) in [5, 5.41) is 6.50. The van der Waals surface area contributed by atoms with E-state index in [4.69, 9.17) is 0 Å². The summed E-state index contributed by atoms with van der Waals surface area (Å²) in [5.74, 6) is 2.90. The van der Waals surface area contributed by atoms with Gasteiger partial charge in [-0.15, -0.1) is 24.0 Å². The molecule has 2 fully saturated rings. The van der Waals surface area contributed by atoms with Crippen molar-refractivity contribution in [2.24, 2.45) is 16.8 Å². The van der Waals surface area contributed by atoms with Gasteiger partial charge < -0.3 is 15.5 Å². The number of nitrogens with zero attached hydrogens (tertiary/aromatic N) is 2. The van der Waals surface area contributed by atoms with Crippen LogP contribution >= 0.6 is 24.0 Å². The highest BCUT2D eigenvalue weighted by atomic mass is 127. The first-order valence-electron chi connectivity index (χ1n) is 9.85. The van der Waals surface area contributed by atoms with Crippen LogP contribution in [0.25, 0.3) is 0 Å². The smallest absolute Gasteiger partial charge is 0.191 e. The lowest BCUT2D eigenvalue weighted by atomic mass is 9.92. The predicted molar refractivity (Wildman–Crippen MR) is 120 cm³/mol. The SMILES string of the molecule is CCNC(=NCCCCN1CC(C)CC(C)C1)NC1CCS(=O)(=O)C1.I. The Balaban J connectivity index is 0.00000338.